The number of ether oxygens (including phenoxy) is 1. The standard InChI is InChI=1S/C16H26N2O2.ClH/c1-4-13(3)14-7-5-6-8-15(14)20-11-16(19)18-10-12(2)9-17;/h5-8,12-13H,4,9-11,17H2,1-3H3,(H,18,19);1H. The summed E-state index contributed by atoms with van der Waals surface area (Å²) in [6.45, 7) is 7.50. The second-order valence-electron chi connectivity index (χ2n) is 5.28. The molecule has 3 N–H and O–H groups in total. The Balaban J connectivity index is 0.00000400. The van der Waals surface area contributed by atoms with Crippen LogP contribution in [0.15, 0.2) is 24.3 Å². The zero-order valence-corrected chi connectivity index (χ0v) is 13.9. The molecule has 120 valence electrons. The molecule has 1 amide bonds. The van der Waals surface area contributed by atoms with Crippen LogP contribution in [0.5, 0.6) is 5.75 Å². The Kier molecular flexibility index (Phi) is 9.84. The molecule has 1 rings (SSSR count). The average molecular weight is 315 g/mol. The first kappa shape index (κ1) is 19.7. The number of rotatable bonds is 8. The Hall–Kier alpha value is -1.26. The van der Waals surface area contributed by atoms with E-state index in [0.29, 0.717) is 19.0 Å². The molecule has 5 heteroatoms. The molecule has 0 aromatic heterocycles. The summed E-state index contributed by atoms with van der Waals surface area (Å²) in [7, 11) is 0. The maximum absolute atomic E-state index is 11.7. The first-order chi connectivity index (χ1) is 9.58. The van der Waals surface area contributed by atoms with Gasteiger partial charge in [-0.15, -0.1) is 12.4 Å². The van der Waals surface area contributed by atoms with Gasteiger partial charge in [0.1, 0.15) is 5.75 Å². The largest absolute Gasteiger partial charge is 0.483 e. The number of para-hydroxylation sites is 1. The number of nitrogens with one attached hydrogen (secondary N) is 1. The summed E-state index contributed by atoms with van der Waals surface area (Å²) in [4.78, 5) is 11.7. The van der Waals surface area contributed by atoms with E-state index in [0.717, 1.165) is 17.7 Å². The summed E-state index contributed by atoms with van der Waals surface area (Å²) in [6.07, 6.45) is 1.04. The van der Waals surface area contributed by atoms with Crippen molar-refractivity contribution in [1.82, 2.24) is 5.32 Å². The van der Waals surface area contributed by atoms with Gasteiger partial charge in [0.2, 0.25) is 0 Å². The van der Waals surface area contributed by atoms with Crippen LogP contribution >= 0.6 is 12.4 Å². The molecule has 2 unspecified atom stereocenters. The van der Waals surface area contributed by atoms with Crippen molar-refractivity contribution in [2.24, 2.45) is 11.7 Å². The van der Waals surface area contributed by atoms with E-state index in [1.165, 1.54) is 0 Å². The fourth-order valence-corrected chi connectivity index (χ4v) is 1.80. The number of hydrogen-bond acceptors (Lipinski definition) is 3. The second kappa shape index (κ2) is 10.5. The van der Waals surface area contributed by atoms with Crippen molar-refractivity contribution in [3.63, 3.8) is 0 Å². The lowest BCUT2D eigenvalue weighted by atomic mass is 9.98. The van der Waals surface area contributed by atoms with Crippen molar-refractivity contribution in [2.45, 2.75) is 33.1 Å². The first-order valence-electron chi connectivity index (χ1n) is 7.26. The normalized spacial score (nSPS) is 13.0. The highest BCUT2D eigenvalue weighted by Gasteiger charge is 2.11. The van der Waals surface area contributed by atoms with Gasteiger partial charge < -0.3 is 15.8 Å². The number of carbonyl (C=O) groups is 1. The van der Waals surface area contributed by atoms with Crippen LogP contribution in [0.4, 0.5) is 0 Å². The third-order valence-corrected chi connectivity index (χ3v) is 3.47. The molecule has 4 nitrogen and oxygen atoms in total. The van der Waals surface area contributed by atoms with Gasteiger partial charge in [0.15, 0.2) is 6.61 Å². The molecule has 0 aliphatic carbocycles. The maximum atomic E-state index is 11.7. The van der Waals surface area contributed by atoms with Crippen molar-refractivity contribution in [3.05, 3.63) is 29.8 Å². The summed E-state index contributed by atoms with van der Waals surface area (Å²) in [5.41, 5.74) is 6.66. The van der Waals surface area contributed by atoms with Gasteiger partial charge in [0, 0.05) is 6.54 Å². The number of benzene rings is 1. The highest BCUT2D eigenvalue weighted by molar-refractivity contribution is 5.85. The average Bonchev–Trinajstić information content (AvgIpc) is 2.49. The van der Waals surface area contributed by atoms with Crippen LogP contribution in [0.1, 0.15) is 38.7 Å². The van der Waals surface area contributed by atoms with Gasteiger partial charge >= 0.3 is 0 Å². The molecule has 0 aliphatic heterocycles. The fourth-order valence-electron chi connectivity index (χ4n) is 1.80. The maximum Gasteiger partial charge on any atom is 0.257 e. The number of carbonyl (C=O) groups excluding carboxylic acids is 1. The van der Waals surface area contributed by atoms with Crippen LogP contribution in [-0.2, 0) is 4.79 Å². The molecule has 1 aromatic rings. The Bertz CT molecular complexity index is 426. The summed E-state index contributed by atoms with van der Waals surface area (Å²) in [5.74, 6) is 1.39. The van der Waals surface area contributed by atoms with E-state index in [-0.39, 0.29) is 30.8 Å². The molecule has 0 saturated heterocycles. The minimum absolute atomic E-state index is 0. The first-order valence-corrected chi connectivity index (χ1v) is 7.26. The van der Waals surface area contributed by atoms with Crippen molar-refractivity contribution < 1.29 is 9.53 Å². The van der Waals surface area contributed by atoms with Crippen molar-refractivity contribution in [1.29, 1.82) is 0 Å². The fraction of sp³-hybridized carbons (Fsp3) is 0.562. The number of nitrogens with two attached hydrogens (primary N) is 1. The lowest BCUT2D eigenvalue weighted by molar-refractivity contribution is -0.123. The molecule has 0 bridgehead atoms. The number of amides is 1. The number of halogens is 1. The molecule has 0 heterocycles. The Labute approximate surface area is 133 Å². The van der Waals surface area contributed by atoms with Gasteiger partial charge in [0.25, 0.3) is 5.91 Å². The van der Waals surface area contributed by atoms with Crippen molar-refractivity contribution >= 4 is 18.3 Å². The minimum Gasteiger partial charge on any atom is -0.483 e. The van der Waals surface area contributed by atoms with E-state index >= 15 is 0 Å². The van der Waals surface area contributed by atoms with Gasteiger partial charge in [-0.25, -0.2) is 0 Å². The van der Waals surface area contributed by atoms with Crippen molar-refractivity contribution in [3.8, 4) is 5.75 Å². The monoisotopic (exact) mass is 314 g/mol. The van der Waals surface area contributed by atoms with Gasteiger partial charge in [-0.1, -0.05) is 39.0 Å². The quantitative estimate of drug-likeness (QED) is 0.775. The lowest BCUT2D eigenvalue weighted by Gasteiger charge is -2.16. The van der Waals surface area contributed by atoms with E-state index in [1.54, 1.807) is 0 Å². The molecule has 0 spiro atoms. The zero-order valence-electron chi connectivity index (χ0n) is 13.1. The van der Waals surface area contributed by atoms with E-state index < -0.39 is 0 Å². The predicted octanol–water partition coefficient (Wildman–Crippen LogP) is 2.71. The third kappa shape index (κ3) is 6.82. The zero-order chi connectivity index (χ0) is 15.0. The van der Waals surface area contributed by atoms with Gasteiger partial charge in [-0.2, -0.15) is 0 Å². The van der Waals surface area contributed by atoms with E-state index in [2.05, 4.69) is 25.2 Å². The van der Waals surface area contributed by atoms with Crippen LogP contribution in [0.3, 0.4) is 0 Å². The topological polar surface area (TPSA) is 64.3 Å². The lowest BCUT2D eigenvalue weighted by Crippen LogP contribution is -2.34. The van der Waals surface area contributed by atoms with Crippen LogP contribution in [0.25, 0.3) is 0 Å². The molecular weight excluding hydrogens is 288 g/mol. The van der Waals surface area contributed by atoms with Crippen LogP contribution < -0.4 is 15.8 Å². The molecule has 2 atom stereocenters. The Morgan fingerprint density at radius 1 is 1.33 bits per heavy atom. The summed E-state index contributed by atoms with van der Waals surface area (Å²) in [5, 5.41) is 2.82. The summed E-state index contributed by atoms with van der Waals surface area (Å²) >= 11 is 0. The highest BCUT2D eigenvalue weighted by atomic mass is 35.5. The van der Waals surface area contributed by atoms with E-state index in [1.807, 2.05) is 25.1 Å². The summed E-state index contributed by atoms with van der Waals surface area (Å²) < 4.78 is 5.64. The molecular formula is C16H27ClN2O2. The van der Waals surface area contributed by atoms with E-state index in [4.69, 9.17) is 10.5 Å². The van der Waals surface area contributed by atoms with Crippen LogP contribution in [0, 0.1) is 5.92 Å². The van der Waals surface area contributed by atoms with Gasteiger partial charge in [-0.3, -0.25) is 4.79 Å². The van der Waals surface area contributed by atoms with Crippen LogP contribution in [-0.4, -0.2) is 25.6 Å². The minimum atomic E-state index is -0.107. The molecule has 21 heavy (non-hydrogen) atoms. The molecule has 0 aliphatic rings. The van der Waals surface area contributed by atoms with Crippen molar-refractivity contribution in [2.75, 3.05) is 19.7 Å². The molecule has 1 aromatic carbocycles. The number of hydrogen-bond donors (Lipinski definition) is 2. The molecule has 0 saturated carbocycles. The van der Waals surface area contributed by atoms with Gasteiger partial charge in [0.05, 0.1) is 0 Å². The van der Waals surface area contributed by atoms with E-state index in [9.17, 15) is 4.79 Å². The third-order valence-electron chi connectivity index (χ3n) is 3.47. The summed E-state index contributed by atoms with van der Waals surface area (Å²) in [6, 6.07) is 7.89. The Morgan fingerprint density at radius 2 is 2.00 bits per heavy atom. The SMILES string of the molecule is CCC(C)c1ccccc1OCC(=O)NCC(C)CN.Cl. The molecule has 0 fully saturated rings. The molecule has 0 radical (unpaired) electrons. The second-order valence-corrected chi connectivity index (χ2v) is 5.28. The highest BCUT2D eigenvalue weighted by Crippen LogP contribution is 2.28. The van der Waals surface area contributed by atoms with Crippen LogP contribution in [0.2, 0.25) is 0 Å². The van der Waals surface area contributed by atoms with Gasteiger partial charge in [-0.05, 0) is 36.4 Å². The Morgan fingerprint density at radius 3 is 2.62 bits per heavy atom. The smallest absolute Gasteiger partial charge is 0.257 e. The predicted molar refractivity (Wildman–Crippen MR) is 89.1 cm³/mol.